The van der Waals surface area contributed by atoms with Gasteiger partial charge in [0.15, 0.2) is 5.58 Å². The number of benzene rings is 11. The lowest BCUT2D eigenvalue weighted by Crippen LogP contribution is -2.32. The van der Waals surface area contributed by atoms with Crippen molar-refractivity contribution in [1.29, 1.82) is 0 Å². The van der Waals surface area contributed by atoms with E-state index < -0.39 is 0 Å². The summed E-state index contributed by atoms with van der Waals surface area (Å²) in [4.78, 5) is 24.6. The molecule has 0 fully saturated rings. The van der Waals surface area contributed by atoms with Gasteiger partial charge in [-0.15, -0.1) is 0 Å². The fraction of sp³-hybridized carbons (Fsp3) is 0.0563. The molecule has 0 amide bonds. The van der Waals surface area contributed by atoms with Crippen molar-refractivity contribution in [2.45, 2.75) is 0 Å². The molecule has 12 aromatic rings. The number of rotatable bonds is 6. The summed E-state index contributed by atoms with van der Waals surface area (Å²) in [6.45, 7) is 0. The summed E-state index contributed by atoms with van der Waals surface area (Å²) in [5.74, 6) is 0.557. The number of para-hydroxylation sites is 18. The van der Waals surface area contributed by atoms with Crippen molar-refractivity contribution in [1.82, 2.24) is 4.98 Å². The van der Waals surface area contributed by atoms with Crippen LogP contribution in [0.15, 0.2) is 253 Å². The second-order valence-electron chi connectivity index (χ2n) is 21.0. The zero-order valence-electron chi connectivity index (χ0n) is 45.1. The molecule has 0 radical (unpaired) electrons. The van der Waals surface area contributed by atoms with Gasteiger partial charge in [-0.1, -0.05) is 121 Å². The van der Waals surface area contributed by atoms with E-state index in [9.17, 15) is 0 Å². The van der Waals surface area contributed by atoms with Crippen LogP contribution in [-0.4, -0.2) is 33.2 Å². The molecule has 1 aromatic heterocycles. The van der Waals surface area contributed by atoms with Gasteiger partial charge in [-0.2, -0.15) is 0 Å². The predicted molar refractivity (Wildman–Crippen MR) is 336 cm³/mol. The third-order valence-corrected chi connectivity index (χ3v) is 16.7. The Hall–Kier alpha value is -10.7. The zero-order chi connectivity index (χ0) is 54.0. The van der Waals surface area contributed by atoms with Gasteiger partial charge in [0.1, 0.15) is 5.52 Å². The number of anilines is 20. The number of fused-ring (bicyclic) bond motifs is 9. The average Bonchev–Trinajstić information content (AvgIpc) is 3.73. The van der Waals surface area contributed by atoms with Crippen LogP contribution in [0.1, 0.15) is 0 Å². The lowest BCUT2D eigenvalue weighted by atomic mass is 9.92. The third-order valence-electron chi connectivity index (χ3n) is 16.7. The van der Waals surface area contributed by atoms with Crippen LogP contribution >= 0.6 is 0 Å². The minimum Gasteiger partial charge on any atom is -0.436 e. The minimum absolute atomic E-state index is 0.557. The highest BCUT2D eigenvalue weighted by Crippen LogP contribution is 2.68. The van der Waals surface area contributed by atoms with Crippen LogP contribution in [0.2, 0.25) is 0 Å². The molecule has 0 N–H and O–H groups in total. The van der Waals surface area contributed by atoms with Gasteiger partial charge >= 0.3 is 0 Å². The standard InChI is InChI=1S/C71H53N9O/c1-73-50-27-6-14-35-58(50)77(59-36-15-7-28-51(59)73)66-45-48(46-24-23-25-47(44-46)71-72-49-26-5-22-43-67(49)81-71)68(78-60-37-16-8-29-52(60)74(2)53-30-9-17-38-61(53)78)70(80-64-41-20-12-33-56(64)76(4)57-34-13-21-42-65(57)80)69(66)79-62-39-18-10-31-54(62)75(3)55-32-11-19-40-63(55)79/h5-45H,1-4H3. The van der Waals surface area contributed by atoms with Crippen molar-refractivity contribution in [3.63, 3.8) is 0 Å². The smallest absolute Gasteiger partial charge is 0.227 e. The van der Waals surface area contributed by atoms with Crippen molar-refractivity contribution in [3.05, 3.63) is 249 Å². The Morgan fingerprint density at radius 2 is 0.568 bits per heavy atom. The summed E-state index contributed by atoms with van der Waals surface area (Å²) in [5.41, 5.74) is 25.3. The topological polar surface area (TPSA) is 52.0 Å². The molecule has 0 aliphatic carbocycles. The second kappa shape index (κ2) is 17.9. The molecule has 16 rings (SSSR count). The van der Waals surface area contributed by atoms with Crippen LogP contribution in [0.25, 0.3) is 33.7 Å². The fourth-order valence-electron chi connectivity index (χ4n) is 13.0. The van der Waals surface area contributed by atoms with Gasteiger partial charge in [0.25, 0.3) is 0 Å². The highest BCUT2D eigenvalue weighted by atomic mass is 16.3. The number of aromatic nitrogens is 1. The lowest BCUT2D eigenvalue weighted by Gasteiger charge is -2.48. The van der Waals surface area contributed by atoms with Crippen molar-refractivity contribution in [3.8, 4) is 22.6 Å². The van der Waals surface area contributed by atoms with E-state index in [2.05, 4.69) is 292 Å². The number of hydrogen-bond donors (Lipinski definition) is 0. The first kappa shape index (κ1) is 46.4. The molecule has 0 unspecified atom stereocenters. The van der Waals surface area contributed by atoms with Crippen molar-refractivity contribution in [2.75, 3.05) is 67.4 Å². The van der Waals surface area contributed by atoms with E-state index in [1.54, 1.807) is 0 Å². The van der Waals surface area contributed by atoms with Gasteiger partial charge in [-0.25, -0.2) is 4.98 Å². The summed E-state index contributed by atoms with van der Waals surface area (Å²) in [6.07, 6.45) is 0. The predicted octanol–water partition coefficient (Wildman–Crippen LogP) is 19.4. The van der Waals surface area contributed by atoms with Crippen LogP contribution in [-0.2, 0) is 0 Å². The molecule has 0 atom stereocenters. The van der Waals surface area contributed by atoms with Crippen molar-refractivity contribution >= 4 is 125 Å². The van der Waals surface area contributed by atoms with E-state index in [0.717, 1.165) is 142 Å². The normalized spacial score (nSPS) is 13.7. The van der Waals surface area contributed by atoms with Crippen molar-refractivity contribution in [2.24, 2.45) is 0 Å². The number of oxazole rings is 1. The van der Waals surface area contributed by atoms with Crippen LogP contribution in [0, 0.1) is 0 Å². The lowest BCUT2D eigenvalue weighted by molar-refractivity contribution is 0.620. The molecule has 11 aromatic carbocycles. The monoisotopic (exact) mass is 1050 g/mol. The van der Waals surface area contributed by atoms with E-state index in [4.69, 9.17) is 9.40 Å². The van der Waals surface area contributed by atoms with Crippen LogP contribution in [0.5, 0.6) is 0 Å². The van der Waals surface area contributed by atoms with E-state index in [1.165, 1.54) is 0 Å². The Balaban J connectivity index is 1.16. The summed E-state index contributed by atoms with van der Waals surface area (Å²) in [5, 5.41) is 0. The molecule has 10 heteroatoms. The Labute approximate surface area is 470 Å². The molecule has 10 nitrogen and oxygen atoms in total. The molecule has 388 valence electrons. The molecule has 81 heavy (non-hydrogen) atoms. The Bertz CT molecular complexity index is 4310. The Kier molecular flexibility index (Phi) is 10.3. The molecule has 4 aliphatic heterocycles. The van der Waals surface area contributed by atoms with Crippen LogP contribution < -0.4 is 39.2 Å². The van der Waals surface area contributed by atoms with Gasteiger partial charge in [0, 0.05) is 39.3 Å². The Morgan fingerprint density at radius 3 is 0.951 bits per heavy atom. The summed E-state index contributed by atoms with van der Waals surface area (Å²) in [6, 6.07) is 90.0. The summed E-state index contributed by atoms with van der Waals surface area (Å²) in [7, 11) is 8.74. The number of hydrogen-bond acceptors (Lipinski definition) is 10. The van der Waals surface area contributed by atoms with E-state index in [-0.39, 0.29) is 0 Å². The van der Waals surface area contributed by atoms with Crippen molar-refractivity contribution < 1.29 is 4.42 Å². The first-order chi connectivity index (χ1) is 39.9. The highest BCUT2D eigenvalue weighted by molar-refractivity contribution is 6.19. The van der Waals surface area contributed by atoms with Gasteiger partial charge in [0.05, 0.1) is 114 Å². The summed E-state index contributed by atoms with van der Waals surface area (Å²) < 4.78 is 6.62. The average molecular weight is 1050 g/mol. The number of nitrogens with zero attached hydrogens (tertiary/aromatic N) is 9. The second-order valence-corrected chi connectivity index (χ2v) is 21.0. The minimum atomic E-state index is 0.557. The highest BCUT2D eigenvalue weighted by Gasteiger charge is 2.43. The van der Waals surface area contributed by atoms with E-state index >= 15 is 0 Å². The third kappa shape index (κ3) is 6.83. The molecule has 0 spiro atoms. The molecule has 5 heterocycles. The first-order valence-corrected chi connectivity index (χ1v) is 27.5. The van der Waals surface area contributed by atoms with Gasteiger partial charge in [-0.05, 0) is 133 Å². The largest absolute Gasteiger partial charge is 0.436 e. The maximum atomic E-state index is 6.62. The molecule has 0 saturated carbocycles. The van der Waals surface area contributed by atoms with E-state index in [1.807, 2.05) is 24.3 Å². The maximum absolute atomic E-state index is 6.62. The molecule has 0 saturated heterocycles. The molecular formula is C71H53N9O. The molecule has 0 bridgehead atoms. The maximum Gasteiger partial charge on any atom is 0.227 e. The van der Waals surface area contributed by atoms with E-state index in [0.29, 0.717) is 5.89 Å². The molecule has 4 aliphatic rings. The summed E-state index contributed by atoms with van der Waals surface area (Å²) >= 11 is 0. The quantitative estimate of drug-likeness (QED) is 0.161. The van der Waals surface area contributed by atoms with Gasteiger partial charge in [0.2, 0.25) is 5.89 Å². The Morgan fingerprint density at radius 1 is 0.259 bits per heavy atom. The zero-order valence-corrected chi connectivity index (χ0v) is 45.1. The van der Waals surface area contributed by atoms with Crippen LogP contribution in [0.4, 0.5) is 114 Å². The SMILES string of the molecule is CN1c2ccccc2N(c2cc(-c3cccc(-c4nc5ccccc5o4)c3)c(N3c4ccccc4N(C)c4ccccc43)c(N3c4ccccc4N(C)c4ccccc43)c2N2c3ccccc3N(C)c3ccccc32)c2ccccc21. The fourth-order valence-corrected chi connectivity index (χ4v) is 13.0. The van der Waals surface area contributed by atoms with Gasteiger partial charge in [-0.3, -0.25) is 0 Å². The van der Waals surface area contributed by atoms with Crippen LogP contribution in [0.3, 0.4) is 0 Å². The van der Waals surface area contributed by atoms with Gasteiger partial charge < -0.3 is 43.6 Å². The molecular weight excluding hydrogens is 995 g/mol. The first-order valence-electron chi connectivity index (χ1n) is 27.5.